The van der Waals surface area contributed by atoms with Crippen LogP contribution >= 0.6 is 0 Å². The molecule has 1 aromatic carbocycles. The third kappa shape index (κ3) is 7.14. The van der Waals surface area contributed by atoms with E-state index >= 15 is 0 Å². The Kier molecular flexibility index (Phi) is 7.09. The number of rotatable bonds is 8. The Morgan fingerprint density at radius 3 is 2.60 bits per heavy atom. The van der Waals surface area contributed by atoms with Gasteiger partial charge in [0.1, 0.15) is 6.61 Å². The van der Waals surface area contributed by atoms with Crippen molar-refractivity contribution in [2.75, 3.05) is 13.2 Å². The van der Waals surface area contributed by atoms with Crippen molar-refractivity contribution in [2.45, 2.75) is 45.8 Å². The van der Waals surface area contributed by atoms with Crippen molar-refractivity contribution in [2.24, 2.45) is 0 Å². The summed E-state index contributed by atoms with van der Waals surface area (Å²) >= 11 is 0. The molecule has 0 radical (unpaired) electrons. The molecular weight excluding hydrogens is 254 g/mol. The quantitative estimate of drug-likeness (QED) is 0.741. The van der Waals surface area contributed by atoms with Crippen molar-refractivity contribution in [3.05, 3.63) is 35.9 Å². The SMILES string of the molecule is CCC(C)(C)OCCCNC(=O)OCc1ccccc1. The number of hydrogen-bond donors (Lipinski definition) is 1. The van der Waals surface area contributed by atoms with Gasteiger partial charge in [-0.25, -0.2) is 4.79 Å². The van der Waals surface area contributed by atoms with Crippen molar-refractivity contribution in [3.63, 3.8) is 0 Å². The standard InChI is InChI=1S/C16H25NO3/c1-4-16(2,3)20-12-8-11-17-15(18)19-13-14-9-6-5-7-10-14/h5-7,9-10H,4,8,11-13H2,1-3H3,(H,17,18). The molecule has 20 heavy (non-hydrogen) atoms. The maximum atomic E-state index is 11.5. The zero-order valence-electron chi connectivity index (χ0n) is 12.6. The number of ether oxygens (including phenoxy) is 2. The molecule has 4 heteroatoms. The van der Waals surface area contributed by atoms with E-state index in [2.05, 4.69) is 26.1 Å². The van der Waals surface area contributed by atoms with Gasteiger partial charge in [0.15, 0.2) is 0 Å². The topological polar surface area (TPSA) is 47.6 Å². The van der Waals surface area contributed by atoms with Gasteiger partial charge in [0.2, 0.25) is 0 Å². The second-order valence-corrected chi connectivity index (χ2v) is 5.30. The summed E-state index contributed by atoms with van der Waals surface area (Å²) in [6.45, 7) is 7.72. The highest BCUT2D eigenvalue weighted by Gasteiger charge is 2.14. The normalized spacial score (nSPS) is 11.2. The fourth-order valence-electron chi connectivity index (χ4n) is 1.49. The predicted octanol–water partition coefficient (Wildman–Crippen LogP) is 3.51. The largest absolute Gasteiger partial charge is 0.445 e. The van der Waals surface area contributed by atoms with Crippen molar-refractivity contribution >= 4 is 6.09 Å². The van der Waals surface area contributed by atoms with Crippen molar-refractivity contribution in [1.29, 1.82) is 0 Å². The van der Waals surface area contributed by atoms with Gasteiger partial charge < -0.3 is 14.8 Å². The predicted molar refractivity (Wildman–Crippen MR) is 79.6 cm³/mol. The molecular formula is C16H25NO3. The van der Waals surface area contributed by atoms with Gasteiger partial charge in [-0.1, -0.05) is 37.3 Å². The van der Waals surface area contributed by atoms with E-state index in [4.69, 9.17) is 9.47 Å². The van der Waals surface area contributed by atoms with E-state index in [0.29, 0.717) is 19.8 Å². The molecule has 0 aliphatic heterocycles. The zero-order valence-corrected chi connectivity index (χ0v) is 12.6. The highest BCUT2D eigenvalue weighted by atomic mass is 16.5. The highest BCUT2D eigenvalue weighted by Crippen LogP contribution is 2.13. The number of amides is 1. The van der Waals surface area contributed by atoms with E-state index in [1.807, 2.05) is 30.3 Å². The van der Waals surface area contributed by atoms with Crippen molar-refractivity contribution in [1.82, 2.24) is 5.32 Å². The molecule has 0 saturated heterocycles. The molecule has 1 N–H and O–H groups in total. The first-order valence-electron chi connectivity index (χ1n) is 7.12. The van der Waals surface area contributed by atoms with E-state index in [9.17, 15) is 4.79 Å². The summed E-state index contributed by atoms with van der Waals surface area (Å²) in [7, 11) is 0. The van der Waals surface area contributed by atoms with Crippen LogP contribution < -0.4 is 5.32 Å². The third-order valence-corrected chi connectivity index (χ3v) is 3.15. The molecule has 1 aromatic rings. The Balaban J connectivity index is 2.06. The lowest BCUT2D eigenvalue weighted by Gasteiger charge is -2.23. The minimum atomic E-state index is -0.386. The van der Waals surface area contributed by atoms with Crippen LogP contribution in [0.15, 0.2) is 30.3 Å². The Morgan fingerprint density at radius 1 is 1.25 bits per heavy atom. The smallest absolute Gasteiger partial charge is 0.407 e. The van der Waals surface area contributed by atoms with Crippen LogP contribution in [0.2, 0.25) is 0 Å². The average Bonchev–Trinajstić information content (AvgIpc) is 2.46. The number of carbonyl (C=O) groups excluding carboxylic acids is 1. The van der Waals surface area contributed by atoms with Gasteiger partial charge in [-0.2, -0.15) is 0 Å². The van der Waals surface area contributed by atoms with Crippen LogP contribution in [0.25, 0.3) is 0 Å². The highest BCUT2D eigenvalue weighted by molar-refractivity contribution is 5.67. The average molecular weight is 279 g/mol. The first-order chi connectivity index (χ1) is 9.53. The molecule has 0 aliphatic carbocycles. The second kappa shape index (κ2) is 8.59. The number of alkyl carbamates (subject to hydrolysis) is 1. The van der Waals surface area contributed by atoms with Crippen LogP contribution in [-0.4, -0.2) is 24.8 Å². The van der Waals surface area contributed by atoms with Gasteiger partial charge in [-0.3, -0.25) is 0 Å². The monoisotopic (exact) mass is 279 g/mol. The molecule has 0 atom stereocenters. The Hall–Kier alpha value is -1.55. The Morgan fingerprint density at radius 2 is 1.95 bits per heavy atom. The molecule has 0 aliphatic rings. The zero-order chi connectivity index (χ0) is 14.8. The van der Waals surface area contributed by atoms with Crippen LogP contribution in [0.3, 0.4) is 0 Å². The number of benzene rings is 1. The van der Waals surface area contributed by atoms with E-state index in [-0.39, 0.29) is 11.7 Å². The molecule has 1 amide bonds. The van der Waals surface area contributed by atoms with Crippen molar-refractivity contribution < 1.29 is 14.3 Å². The van der Waals surface area contributed by atoms with Crippen molar-refractivity contribution in [3.8, 4) is 0 Å². The van der Waals surface area contributed by atoms with Crippen LogP contribution in [0.4, 0.5) is 4.79 Å². The molecule has 0 spiro atoms. The molecule has 0 fully saturated rings. The van der Waals surface area contributed by atoms with E-state index in [0.717, 1.165) is 18.4 Å². The van der Waals surface area contributed by atoms with E-state index in [1.54, 1.807) is 0 Å². The lowest BCUT2D eigenvalue weighted by molar-refractivity contribution is -0.0207. The third-order valence-electron chi connectivity index (χ3n) is 3.15. The maximum absolute atomic E-state index is 11.5. The lowest BCUT2D eigenvalue weighted by atomic mass is 10.1. The second-order valence-electron chi connectivity index (χ2n) is 5.30. The van der Waals surface area contributed by atoms with Crippen LogP contribution in [0.1, 0.15) is 39.2 Å². The molecule has 1 rings (SSSR count). The molecule has 0 saturated carbocycles. The van der Waals surface area contributed by atoms with Gasteiger partial charge in [-0.05, 0) is 32.3 Å². The summed E-state index contributed by atoms with van der Waals surface area (Å²) in [6.07, 6.45) is 1.37. The van der Waals surface area contributed by atoms with Crippen LogP contribution in [0, 0.1) is 0 Å². The molecule has 0 bridgehead atoms. The molecule has 4 nitrogen and oxygen atoms in total. The first-order valence-corrected chi connectivity index (χ1v) is 7.12. The molecule has 112 valence electrons. The Labute approximate surface area is 121 Å². The molecule has 0 heterocycles. The summed E-state index contributed by atoms with van der Waals surface area (Å²) in [6, 6.07) is 9.62. The van der Waals surface area contributed by atoms with Crippen LogP contribution in [-0.2, 0) is 16.1 Å². The molecule has 0 unspecified atom stereocenters. The number of nitrogens with one attached hydrogen (secondary N) is 1. The number of hydrogen-bond acceptors (Lipinski definition) is 3. The summed E-state index contributed by atoms with van der Waals surface area (Å²) in [5.41, 5.74) is 0.893. The summed E-state index contributed by atoms with van der Waals surface area (Å²) in [5.74, 6) is 0. The summed E-state index contributed by atoms with van der Waals surface area (Å²) in [4.78, 5) is 11.5. The molecule has 0 aromatic heterocycles. The Bertz CT molecular complexity index is 390. The van der Waals surface area contributed by atoms with Gasteiger partial charge >= 0.3 is 6.09 Å². The van der Waals surface area contributed by atoms with Gasteiger partial charge in [0, 0.05) is 13.2 Å². The van der Waals surface area contributed by atoms with Crippen LogP contribution in [0.5, 0.6) is 0 Å². The summed E-state index contributed by atoms with van der Waals surface area (Å²) < 4.78 is 10.8. The van der Waals surface area contributed by atoms with E-state index in [1.165, 1.54) is 0 Å². The number of carbonyl (C=O) groups is 1. The van der Waals surface area contributed by atoms with Gasteiger partial charge in [-0.15, -0.1) is 0 Å². The summed E-state index contributed by atoms with van der Waals surface area (Å²) in [5, 5.41) is 2.72. The van der Waals surface area contributed by atoms with Gasteiger partial charge in [0.05, 0.1) is 5.60 Å². The minimum absolute atomic E-state index is 0.0895. The van der Waals surface area contributed by atoms with E-state index < -0.39 is 0 Å². The minimum Gasteiger partial charge on any atom is -0.445 e. The first kappa shape index (κ1) is 16.5. The fraction of sp³-hybridized carbons (Fsp3) is 0.562. The fourth-order valence-corrected chi connectivity index (χ4v) is 1.49. The van der Waals surface area contributed by atoms with Gasteiger partial charge in [0.25, 0.3) is 0 Å². The maximum Gasteiger partial charge on any atom is 0.407 e. The lowest BCUT2D eigenvalue weighted by Crippen LogP contribution is -2.28.